The summed E-state index contributed by atoms with van der Waals surface area (Å²) in [7, 11) is 0. The zero-order valence-electron chi connectivity index (χ0n) is 17.4. The average Bonchev–Trinajstić information content (AvgIpc) is 2.58. The van der Waals surface area contributed by atoms with E-state index in [1.165, 1.54) is 89.5 Å². The van der Waals surface area contributed by atoms with Gasteiger partial charge in [-0.25, -0.2) is 4.79 Å². The van der Waals surface area contributed by atoms with Crippen molar-refractivity contribution in [2.45, 2.75) is 123 Å². The second kappa shape index (κ2) is 18.0. The molecule has 0 rings (SSSR count). The Bertz CT molecular complexity index is 309. The Labute approximate surface area is 157 Å². The number of rotatable bonds is 18. The molecule has 25 heavy (non-hydrogen) atoms. The molecule has 0 amide bonds. The van der Waals surface area contributed by atoms with Crippen LogP contribution < -0.4 is 0 Å². The molecule has 148 valence electrons. The quantitative estimate of drug-likeness (QED) is 0.144. The first kappa shape index (κ1) is 24.2. The smallest absolute Gasteiger partial charge is 0.330 e. The fraction of sp³-hybridized carbons (Fsp3) is 0.870. The van der Waals surface area contributed by atoms with Gasteiger partial charge >= 0.3 is 5.97 Å². The molecular formula is C23H44O2. The van der Waals surface area contributed by atoms with Crippen molar-refractivity contribution in [2.75, 3.05) is 0 Å². The SMILES string of the molecule is C=CC(=O)OC(CCCCCCCCCCCCCCC)CC(C)C. The van der Waals surface area contributed by atoms with Crippen LogP contribution in [0.4, 0.5) is 0 Å². The highest BCUT2D eigenvalue weighted by Gasteiger charge is 2.14. The lowest BCUT2D eigenvalue weighted by molar-refractivity contribution is -0.144. The summed E-state index contributed by atoms with van der Waals surface area (Å²) < 4.78 is 5.46. The molecule has 0 aliphatic heterocycles. The molecule has 0 aliphatic rings. The van der Waals surface area contributed by atoms with E-state index in [1.807, 2.05) is 0 Å². The highest BCUT2D eigenvalue weighted by molar-refractivity contribution is 5.81. The van der Waals surface area contributed by atoms with Crippen molar-refractivity contribution >= 4 is 5.97 Å². The van der Waals surface area contributed by atoms with E-state index in [4.69, 9.17) is 4.74 Å². The van der Waals surface area contributed by atoms with Crippen LogP contribution in [0.2, 0.25) is 0 Å². The van der Waals surface area contributed by atoms with Crippen LogP contribution in [0.15, 0.2) is 12.7 Å². The first-order valence-corrected chi connectivity index (χ1v) is 10.9. The maximum Gasteiger partial charge on any atom is 0.330 e. The van der Waals surface area contributed by atoms with E-state index in [1.54, 1.807) is 0 Å². The van der Waals surface area contributed by atoms with Crippen molar-refractivity contribution in [1.82, 2.24) is 0 Å². The van der Waals surface area contributed by atoms with E-state index in [2.05, 4.69) is 27.4 Å². The molecule has 2 heteroatoms. The summed E-state index contributed by atoms with van der Waals surface area (Å²) in [5, 5.41) is 0. The Kier molecular flexibility index (Phi) is 17.4. The first-order chi connectivity index (χ1) is 12.1. The van der Waals surface area contributed by atoms with Crippen molar-refractivity contribution in [1.29, 1.82) is 0 Å². The van der Waals surface area contributed by atoms with Gasteiger partial charge in [-0.3, -0.25) is 0 Å². The molecule has 0 heterocycles. The Morgan fingerprint density at radius 3 is 1.68 bits per heavy atom. The fourth-order valence-corrected chi connectivity index (χ4v) is 3.35. The molecule has 0 radical (unpaired) electrons. The molecule has 0 bridgehead atoms. The lowest BCUT2D eigenvalue weighted by Crippen LogP contribution is -2.19. The number of carbonyl (C=O) groups excluding carboxylic acids is 1. The second-order valence-corrected chi connectivity index (χ2v) is 7.92. The predicted molar refractivity (Wildman–Crippen MR) is 110 cm³/mol. The van der Waals surface area contributed by atoms with Crippen LogP contribution in [0.5, 0.6) is 0 Å². The van der Waals surface area contributed by atoms with Gasteiger partial charge in [0.1, 0.15) is 6.10 Å². The molecule has 0 saturated carbocycles. The van der Waals surface area contributed by atoms with Crippen molar-refractivity contribution in [3.8, 4) is 0 Å². The first-order valence-electron chi connectivity index (χ1n) is 10.9. The van der Waals surface area contributed by atoms with Crippen LogP contribution in [-0.2, 0) is 9.53 Å². The summed E-state index contributed by atoms with van der Waals surface area (Å²) in [5.41, 5.74) is 0. The Balaban J connectivity index is 3.47. The number of esters is 1. The van der Waals surface area contributed by atoms with Gasteiger partial charge in [0.05, 0.1) is 0 Å². The third kappa shape index (κ3) is 17.8. The number of carbonyl (C=O) groups is 1. The average molecular weight is 353 g/mol. The highest BCUT2D eigenvalue weighted by Crippen LogP contribution is 2.17. The summed E-state index contributed by atoms with van der Waals surface area (Å²) in [6, 6.07) is 0. The molecule has 0 N–H and O–H groups in total. The molecule has 0 aromatic carbocycles. The maximum absolute atomic E-state index is 11.4. The van der Waals surface area contributed by atoms with Gasteiger partial charge in [0.15, 0.2) is 0 Å². The van der Waals surface area contributed by atoms with Crippen LogP contribution in [0.3, 0.4) is 0 Å². The maximum atomic E-state index is 11.4. The normalized spacial score (nSPS) is 12.3. The Morgan fingerprint density at radius 2 is 1.28 bits per heavy atom. The summed E-state index contributed by atoms with van der Waals surface area (Å²) in [5.74, 6) is 0.282. The van der Waals surface area contributed by atoms with E-state index < -0.39 is 0 Å². The molecule has 0 aromatic heterocycles. The molecule has 2 nitrogen and oxygen atoms in total. The molecule has 0 aromatic rings. The monoisotopic (exact) mass is 352 g/mol. The standard InChI is InChI=1S/C23H44O2/c1-5-7-8-9-10-11-12-13-14-15-16-17-18-19-22(20-21(3)4)25-23(24)6-2/h6,21-22H,2,5,7-20H2,1,3-4H3. The van der Waals surface area contributed by atoms with E-state index in [0.29, 0.717) is 5.92 Å². The number of unbranched alkanes of at least 4 members (excludes halogenated alkanes) is 12. The van der Waals surface area contributed by atoms with E-state index in [-0.39, 0.29) is 12.1 Å². The van der Waals surface area contributed by atoms with Crippen LogP contribution in [0.1, 0.15) is 117 Å². The summed E-state index contributed by atoms with van der Waals surface area (Å²) >= 11 is 0. The van der Waals surface area contributed by atoms with Crippen LogP contribution in [-0.4, -0.2) is 12.1 Å². The van der Waals surface area contributed by atoms with Crippen molar-refractivity contribution < 1.29 is 9.53 Å². The van der Waals surface area contributed by atoms with Gasteiger partial charge in [-0.1, -0.05) is 104 Å². The Morgan fingerprint density at radius 1 is 0.840 bits per heavy atom. The highest BCUT2D eigenvalue weighted by atomic mass is 16.5. The van der Waals surface area contributed by atoms with E-state index in [9.17, 15) is 4.79 Å². The lowest BCUT2D eigenvalue weighted by atomic mass is 9.99. The van der Waals surface area contributed by atoms with Crippen molar-refractivity contribution in [2.24, 2.45) is 5.92 Å². The van der Waals surface area contributed by atoms with E-state index in [0.717, 1.165) is 12.8 Å². The second-order valence-electron chi connectivity index (χ2n) is 7.92. The van der Waals surface area contributed by atoms with Gasteiger partial charge in [0.25, 0.3) is 0 Å². The third-order valence-corrected chi connectivity index (χ3v) is 4.81. The molecule has 0 fully saturated rings. The zero-order chi connectivity index (χ0) is 18.8. The van der Waals surface area contributed by atoms with Crippen molar-refractivity contribution in [3.05, 3.63) is 12.7 Å². The van der Waals surface area contributed by atoms with Crippen molar-refractivity contribution in [3.63, 3.8) is 0 Å². The molecule has 1 atom stereocenters. The van der Waals surface area contributed by atoms with Crippen LogP contribution in [0, 0.1) is 5.92 Å². The largest absolute Gasteiger partial charge is 0.459 e. The number of ether oxygens (including phenoxy) is 1. The molecule has 0 spiro atoms. The summed E-state index contributed by atoms with van der Waals surface area (Å²) in [6.45, 7) is 10.1. The van der Waals surface area contributed by atoms with E-state index >= 15 is 0 Å². The topological polar surface area (TPSA) is 26.3 Å². The minimum absolute atomic E-state index is 0.0678. The molecular weight excluding hydrogens is 308 g/mol. The predicted octanol–water partition coefficient (Wildman–Crippen LogP) is 7.61. The van der Waals surface area contributed by atoms with Gasteiger partial charge < -0.3 is 4.74 Å². The van der Waals surface area contributed by atoms with Crippen LogP contribution in [0.25, 0.3) is 0 Å². The Hall–Kier alpha value is -0.790. The summed E-state index contributed by atoms with van der Waals surface area (Å²) in [6.07, 6.45) is 21.1. The zero-order valence-corrected chi connectivity index (χ0v) is 17.4. The van der Waals surface area contributed by atoms with Gasteiger partial charge in [0.2, 0.25) is 0 Å². The lowest BCUT2D eigenvalue weighted by Gasteiger charge is -2.19. The fourth-order valence-electron chi connectivity index (χ4n) is 3.35. The van der Waals surface area contributed by atoms with Crippen LogP contribution >= 0.6 is 0 Å². The minimum atomic E-state index is -0.277. The van der Waals surface area contributed by atoms with Gasteiger partial charge in [-0.2, -0.15) is 0 Å². The molecule has 1 unspecified atom stereocenters. The van der Waals surface area contributed by atoms with Gasteiger partial charge in [-0.15, -0.1) is 0 Å². The van der Waals surface area contributed by atoms with Gasteiger partial charge in [-0.05, 0) is 25.2 Å². The van der Waals surface area contributed by atoms with Gasteiger partial charge in [0, 0.05) is 6.08 Å². The third-order valence-electron chi connectivity index (χ3n) is 4.81. The minimum Gasteiger partial charge on any atom is -0.459 e. The molecule has 0 saturated heterocycles. The summed E-state index contributed by atoms with van der Waals surface area (Å²) in [4.78, 5) is 11.4. The number of hydrogen-bond acceptors (Lipinski definition) is 2. The molecule has 0 aliphatic carbocycles. The number of hydrogen-bond donors (Lipinski definition) is 0.